The predicted octanol–water partition coefficient (Wildman–Crippen LogP) is 5.09. The van der Waals surface area contributed by atoms with Crippen LogP contribution in [0.2, 0.25) is 0 Å². The topological polar surface area (TPSA) is 59.3 Å². The van der Waals surface area contributed by atoms with Gasteiger partial charge in [0.1, 0.15) is 0 Å². The summed E-state index contributed by atoms with van der Waals surface area (Å²) in [4.78, 5) is 17.0. The molecule has 0 spiro atoms. The molecule has 0 fully saturated rings. The monoisotopic (exact) mass is 478 g/mol. The van der Waals surface area contributed by atoms with Crippen LogP contribution in [0.15, 0.2) is 93.6 Å². The maximum absolute atomic E-state index is 12.3. The highest BCUT2D eigenvalue weighted by Crippen LogP contribution is 2.25. The number of rotatable bonds is 7. The molecule has 0 unspecified atom stereocenters. The van der Waals surface area contributed by atoms with Crippen molar-refractivity contribution in [2.45, 2.75) is 11.7 Å². The van der Waals surface area contributed by atoms with Crippen molar-refractivity contribution in [3.05, 3.63) is 94.5 Å². The summed E-state index contributed by atoms with van der Waals surface area (Å²) >= 11 is 4.80. The lowest BCUT2D eigenvalue weighted by atomic mass is 10.2. The Balaban J connectivity index is 1.43. The van der Waals surface area contributed by atoms with Crippen molar-refractivity contribution in [2.24, 2.45) is 5.10 Å². The molecule has 4 rings (SSSR count). The number of fused-ring (bicyclic) bond motifs is 1. The van der Waals surface area contributed by atoms with E-state index in [-0.39, 0.29) is 11.7 Å². The summed E-state index contributed by atoms with van der Waals surface area (Å²) in [7, 11) is 0. The number of amides is 1. The number of aromatic nitrogens is 2. The predicted molar refractivity (Wildman–Crippen MR) is 126 cm³/mol. The van der Waals surface area contributed by atoms with Gasteiger partial charge in [0.05, 0.1) is 29.5 Å². The second-order valence-corrected chi connectivity index (χ2v) is 8.45. The number of carbonyl (C=O) groups excluding carboxylic acids is 1. The van der Waals surface area contributed by atoms with Crippen LogP contribution in [0, 0.1) is 0 Å². The Morgan fingerprint density at radius 3 is 2.57 bits per heavy atom. The molecule has 0 aliphatic carbocycles. The van der Waals surface area contributed by atoms with Gasteiger partial charge in [-0.1, -0.05) is 82.3 Å². The van der Waals surface area contributed by atoms with Gasteiger partial charge in [-0.25, -0.2) is 10.4 Å². The van der Waals surface area contributed by atoms with Crippen molar-refractivity contribution in [1.82, 2.24) is 15.0 Å². The van der Waals surface area contributed by atoms with Gasteiger partial charge in [0, 0.05) is 4.47 Å². The molecule has 30 heavy (non-hydrogen) atoms. The van der Waals surface area contributed by atoms with E-state index in [1.807, 2.05) is 60.7 Å². The Labute approximate surface area is 187 Å². The highest BCUT2D eigenvalue weighted by atomic mass is 79.9. The van der Waals surface area contributed by atoms with Crippen LogP contribution in [-0.4, -0.2) is 27.4 Å². The minimum Gasteiger partial charge on any atom is -0.314 e. The van der Waals surface area contributed by atoms with Crippen LogP contribution in [0.4, 0.5) is 0 Å². The molecular weight excluding hydrogens is 460 g/mol. The number of hydrazone groups is 1. The number of hydrogen-bond acceptors (Lipinski definition) is 4. The lowest BCUT2D eigenvalue weighted by Crippen LogP contribution is -2.20. The van der Waals surface area contributed by atoms with Gasteiger partial charge in [0.2, 0.25) is 0 Å². The van der Waals surface area contributed by atoms with E-state index in [1.165, 1.54) is 17.3 Å². The first-order valence-electron chi connectivity index (χ1n) is 9.38. The molecule has 1 heterocycles. The summed E-state index contributed by atoms with van der Waals surface area (Å²) in [6.07, 6.45) is 1.62. The molecule has 4 aromatic rings. The molecule has 7 heteroatoms. The zero-order valence-electron chi connectivity index (χ0n) is 16.0. The van der Waals surface area contributed by atoms with Gasteiger partial charge in [0.25, 0.3) is 5.91 Å². The molecule has 0 radical (unpaired) electrons. The third kappa shape index (κ3) is 5.17. The summed E-state index contributed by atoms with van der Waals surface area (Å²) in [6, 6.07) is 25.9. The number of para-hydroxylation sites is 2. The maximum Gasteiger partial charge on any atom is 0.250 e. The van der Waals surface area contributed by atoms with Gasteiger partial charge in [-0.15, -0.1) is 0 Å². The van der Waals surface area contributed by atoms with E-state index in [0.717, 1.165) is 26.2 Å². The quantitative estimate of drug-likeness (QED) is 0.228. The second kappa shape index (κ2) is 9.73. The Morgan fingerprint density at radius 2 is 1.77 bits per heavy atom. The fourth-order valence-corrected chi connectivity index (χ4v) is 4.04. The Morgan fingerprint density at radius 1 is 1.03 bits per heavy atom. The molecule has 1 N–H and O–H groups in total. The molecule has 0 saturated heterocycles. The molecule has 0 aliphatic heterocycles. The molecular formula is C23H19BrN4OS. The van der Waals surface area contributed by atoms with Crippen molar-refractivity contribution in [3.8, 4) is 0 Å². The highest BCUT2D eigenvalue weighted by molar-refractivity contribution is 9.10. The van der Waals surface area contributed by atoms with Gasteiger partial charge in [-0.3, -0.25) is 4.79 Å². The summed E-state index contributed by atoms with van der Waals surface area (Å²) < 4.78 is 3.15. The second-order valence-electron chi connectivity index (χ2n) is 6.59. The largest absolute Gasteiger partial charge is 0.314 e. The Hall–Kier alpha value is -2.90. The van der Waals surface area contributed by atoms with Gasteiger partial charge in [0.15, 0.2) is 5.16 Å². The number of thioether (sulfide) groups is 1. The van der Waals surface area contributed by atoms with E-state index in [1.54, 1.807) is 6.21 Å². The summed E-state index contributed by atoms with van der Waals surface area (Å²) in [6.45, 7) is 0.701. The summed E-state index contributed by atoms with van der Waals surface area (Å²) in [5.74, 6) is 0.0576. The first kappa shape index (κ1) is 20.4. The molecule has 0 saturated carbocycles. The third-order valence-corrected chi connectivity index (χ3v) is 5.91. The lowest BCUT2D eigenvalue weighted by Gasteiger charge is -2.09. The van der Waals surface area contributed by atoms with E-state index in [0.29, 0.717) is 6.54 Å². The number of benzene rings is 3. The van der Waals surface area contributed by atoms with Crippen LogP contribution in [0.3, 0.4) is 0 Å². The fraction of sp³-hybridized carbons (Fsp3) is 0.0870. The first-order valence-corrected chi connectivity index (χ1v) is 11.2. The summed E-state index contributed by atoms with van der Waals surface area (Å²) in [5, 5.41) is 4.85. The van der Waals surface area contributed by atoms with Crippen LogP contribution in [-0.2, 0) is 11.3 Å². The van der Waals surface area contributed by atoms with Crippen LogP contribution >= 0.6 is 27.7 Å². The van der Waals surface area contributed by atoms with Crippen LogP contribution in [0.5, 0.6) is 0 Å². The van der Waals surface area contributed by atoms with E-state index in [2.05, 4.69) is 49.2 Å². The minimum atomic E-state index is -0.174. The molecule has 0 bridgehead atoms. The van der Waals surface area contributed by atoms with Crippen molar-refractivity contribution in [3.63, 3.8) is 0 Å². The highest BCUT2D eigenvalue weighted by Gasteiger charge is 2.13. The van der Waals surface area contributed by atoms with E-state index < -0.39 is 0 Å². The first-order chi connectivity index (χ1) is 14.7. The summed E-state index contributed by atoms with van der Waals surface area (Å²) in [5.41, 5.74) is 6.65. The minimum absolute atomic E-state index is 0.174. The Bertz CT molecular complexity index is 1170. The average molecular weight is 479 g/mol. The number of nitrogens with zero attached hydrogens (tertiary/aromatic N) is 3. The molecule has 1 aromatic heterocycles. The molecule has 3 aromatic carbocycles. The smallest absolute Gasteiger partial charge is 0.250 e. The third-order valence-electron chi connectivity index (χ3n) is 4.41. The van der Waals surface area contributed by atoms with Crippen LogP contribution < -0.4 is 5.43 Å². The van der Waals surface area contributed by atoms with Crippen molar-refractivity contribution in [2.75, 3.05) is 5.75 Å². The molecule has 150 valence electrons. The fourth-order valence-electron chi connectivity index (χ4n) is 2.97. The van der Waals surface area contributed by atoms with E-state index >= 15 is 0 Å². The van der Waals surface area contributed by atoms with E-state index in [4.69, 9.17) is 4.98 Å². The van der Waals surface area contributed by atoms with Gasteiger partial charge in [-0.2, -0.15) is 5.10 Å². The van der Waals surface area contributed by atoms with Crippen molar-refractivity contribution in [1.29, 1.82) is 0 Å². The number of carbonyl (C=O) groups is 1. The number of imidazole rings is 1. The lowest BCUT2D eigenvalue weighted by molar-refractivity contribution is -0.118. The molecule has 0 atom stereocenters. The standard InChI is InChI=1S/C23H19BrN4OS/c24-19-12-10-17(11-13-19)14-25-27-22(29)16-30-23-26-20-8-4-5-9-21(20)28(23)15-18-6-2-1-3-7-18/h1-14H,15-16H2,(H,27,29). The zero-order valence-corrected chi connectivity index (χ0v) is 18.4. The van der Waals surface area contributed by atoms with E-state index in [9.17, 15) is 4.79 Å². The SMILES string of the molecule is O=C(CSc1nc2ccccc2n1Cc1ccccc1)NN=Cc1ccc(Br)cc1. The van der Waals surface area contributed by atoms with Crippen LogP contribution in [0.1, 0.15) is 11.1 Å². The van der Waals surface area contributed by atoms with Crippen molar-refractivity contribution < 1.29 is 4.79 Å². The van der Waals surface area contributed by atoms with Gasteiger partial charge >= 0.3 is 0 Å². The number of hydrogen-bond donors (Lipinski definition) is 1. The van der Waals surface area contributed by atoms with Gasteiger partial charge in [-0.05, 0) is 35.4 Å². The van der Waals surface area contributed by atoms with Gasteiger partial charge < -0.3 is 4.57 Å². The molecule has 5 nitrogen and oxygen atoms in total. The average Bonchev–Trinajstić information content (AvgIpc) is 3.12. The van der Waals surface area contributed by atoms with Crippen LogP contribution in [0.25, 0.3) is 11.0 Å². The normalized spacial score (nSPS) is 11.2. The number of halogens is 1. The zero-order chi connectivity index (χ0) is 20.8. The van der Waals surface area contributed by atoms with Crippen molar-refractivity contribution >= 4 is 50.8 Å². The Kier molecular flexibility index (Phi) is 6.61. The maximum atomic E-state index is 12.3. The number of nitrogens with one attached hydrogen (secondary N) is 1. The molecule has 1 amide bonds. The molecule has 0 aliphatic rings.